The molecule has 0 spiro atoms. The normalized spacial score (nSPS) is 9.29. The fourth-order valence-corrected chi connectivity index (χ4v) is 0.252. The van der Waals surface area contributed by atoms with E-state index < -0.39 is 0 Å². The summed E-state index contributed by atoms with van der Waals surface area (Å²) in [6, 6.07) is 0. The van der Waals surface area contributed by atoms with Crippen LogP contribution in [-0.2, 0) is 0 Å². The van der Waals surface area contributed by atoms with Gasteiger partial charge in [0.05, 0.1) is 0 Å². The minimum Gasteiger partial charge on any atom is -0.272 e. The Labute approximate surface area is 51.6 Å². The molecule has 0 unspecified atom stereocenters. The second kappa shape index (κ2) is 3.81. The van der Waals surface area contributed by atoms with Crippen molar-refractivity contribution < 1.29 is 0 Å². The first-order valence-electron chi connectivity index (χ1n) is 1.74. The van der Waals surface area contributed by atoms with E-state index in [2.05, 4.69) is 34.2 Å². The summed E-state index contributed by atoms with van der Waals surface area (Å²) in [5.41, 5.74) is 0. The van der Waals surface area contributed by atoms with Crippen molar-refractivity contribution in [1.82, 2.24) is 0 Å². The van der Waals surface area contributed by atoms with Crippen LogP contribution in [0.3, 0.4) is 0 Å². The van der Waals surface area contributed by atoms with Gasteiger partial charge in [-0.1, -0.05) is 22.5 Å². The van der Waals surface area contributed by atoms with Crippen molar-refractivity contribution in [2.75, 3.05) is 0 Å². The Hall–Kier alpha value is -0.370. The number of allylic oxidation sites excluding steroid dienone is 2. The summed E-state index contributed by atoms with van der Waals surface area (Å²) in [5, 5.41) is 0. The number of hydrogen-bond donors (Lipinski definition) is 0. The highest BCUT2D eigenvalue weighted by Crippen LogP contribution is 2.00. The first-order valence-corrected chi connectivity index (χ1v) is 2.53. The van der Waals surface area contributed by atoms with Crippen LogP contribution < -0.4 is 0 Å². The van der Waals surface area contributed by atoms with Crippen LogP contribution in [0.4, 0.5) is 0 Å². The van der Waals surface area contributed by atoms with Gasteiger partial charge in [-0.05, 0) is 12.8 Å². The largest absolute Gasteiger partial charge is 0.272 e. The molecule has 0 radical (unpaired) electrons. The van der Waals surface area contributed by atoms with Gasteiger partial charge in [-0.2, -0.15) is 0 Å². The molecule has 0 atom stereocenters. The van der Waals surface area contributed by atoms with Gasteiger partial charge in [-0.25, -0.2) is 0 Å². The SMILES string of the molecule is C=N/C=C\C(=C)Br. The number of halogens is 1. The van der Waals surface area contributed by atoms with Crippen LogP contribution in [0.15, 0.2) is 28.3 Å². The van der Waals surface area contributed by atoms with Crippen LogP contribution in [0.25, 0.3) is 0 Å². The van der Waals surface area contributed by atoms with Crippen molar-refractivity contribution in [2.24, 2.45) is 4.99 Å². The van der Waals surface area contributed by atoms with Gasteiger partial charge in [0.25, 0.3) is 0 Å². The van der Waals surface area contributed by atoms with Crippen molar-refractivity contribution in [3.63, 3.8) is 0 Å². The van der Waals surface area contributed by atoms with Crippen LogP contribution in [0.5, 0.6) is 0 Å². The molecule has 0 aromatic heterocycles. The summed E-state index contributed by atoms with van der Waals surface area (Å²) in [5.74, 6) is 0. The molecule has 0 saturated heterocycles. The van der Waals surface area contributed by atoms with Gasteiger partial charge in [0.2, 0.25) is 0 Å². The maximum absolute atomic E-state index is 3.53. The lowest BCUT2D eigenvalue weighted by Gasteiger charge is -1.74. The molecule has 0 aromatic rings. The number of hydrogen-bond acceptors (Lipinski definition) is 1. The maximum atomic E-state index is 3.53. The molecule has 0 N–H and O–H groups in total. The minimum absolute atomic E-state index is 0.805. The predicted molar refractivity (Wildman–Crippen MR) is 36.8 cm³/mol. The third-order valence-corrected chi connectivity index (χ3v) is 0.625. The molecule has 0 aromatic carbocycles. The highest BCUT2D eigenvalue weighted by Gasteiger charge is 1.68. The van der Waals surface area contributed by atoms with E-state index >= 15 is 0 Å². The Balaban J connectivity index is 3.46. The third kappa shape index (κ3) is 5.63. The molecule has 0 heterocycles. The van der Waals surface area contributed by atoms with Crippen molar-refractivity contribution in [1.29, 1.82) is 0 Å². The van der Waals surface area contributed by atoms with Gasteiger partial charge in [-0.3, -0.25) is 4.99 Å². The van der Waals surface area contributed by atoms with Crippen LogP contribution >= 0.6 is 15.9 Å². The first kappa shape index (κ1) is 6.63. The molecule has 0 rings (SSSR count). The van der Waals surface area contributed by atoms with E-state index in [0.717, 1.165) is 4.48 Å². The average Bonchev–Trinajstić information content (AvgIpc) is 1.61. The Morgan fingerprint density at radius 2 is 2.29 bits per heavy atom. The van der Waals surface area contributed by atoms with Crippen LogP contribution in [0.1, 0.15) is 0 Å². The van der Waals surface area contributed by atoms with Crippen molar-refractivity contribution in [3.05, 3.63) is 23.3 Å². The van der Waals surface area contributed by atoms with E-state index in [9.17, 15) is 0 Å². The van der Waals surface area contributed by atoms with Crippen LogP contribution in [-0.4, -0.2) is 6.72 Å². The summed E-state index contributed by atoms with van der Waals surface area (Å²) < 4.78 is 0.805. The molecule has 1 nitrogen and oxygen atoms in total. The summed E-state index contributed by atoms with van der Waals surface area (Å²) >= 11 is 3.11. The lowest BCUT2D eigenvalue weighted by molar-refractivity contribution is 1.61. The molecule has 7 heavy (non-hydrogen) atoms. The molecule has 38 valence electrons. The van der Waals surface area contributed by atoms with Gasteiger partial charge in [0, 0.05) is 10.7 Å². The third-order valence-electron chi connectivity index (χ3n) is 0.361. The monoisotopic (exact) mass is 159 g/mol. The van der Waals surface area contributed by atoms with E-state index in [1.54, 1.807) is 12.3 Å². The summed E-state index contributed by atoms with van der Waals surface area (Å²) in [7, 11) is 0. The van der Waals surface area contributed by atoms with E-state index in [4.69, 9.17) is 0 Å². The summed E-state index contributed by atoms with van der Waals surface area (Å²) in [6.07, 6.45) is 3.28. The Morgan fingerprint density at radius 3 is 2.43 bits per heavy atom. The zero-order chi connectivity index (χ0) is 5.70. The highest BCUT2D eigenvalue weighted by atomic mass is 79.9. The molecular weight excluding hydrogens is 154 g/mol. The summed E-state index contributed by atoms with van der Waals surface area (Å²) in [4.78, 5) is 3.45. The maximum Gasteiger partial charge on any atom is 0.0271 e. The Kier molecular flexibility index (Phi) is 3.61. The van der Waals surface area contributed by atoms with E-state index in [-0.39, 0.29) is 0 Å². The van der Waals surface area contributed by atoms with Gasteiger partial charge in [0.1, 0.15) is 0 Å². The number of nitrogens with zero attached hydrogens (tertiary/aromatic N) is 1. The lowest BCUT2D eigenvalue weighted by atomic mass is 10.6. The van der Waals surface area contributed by atoms with E-state index in [1.165, 1.54) is 0 Å². The molecule has 0 bridgehead atoms. The van der Waals surface area contributed by atoms with Crippen molar-refractivity contribution in [2.45, 2.75) is 0 Å². The molecule has 0 aliphatic carbocycles. The average molecular weight is 160 g/mol. The topological polar surface area (TPSA) is 12.4 Å². The molecule has 0 aliphatic rings. The molecule has 0 fully saturated rings. The van der Waals surface area contributed by atoms with Crippen LogP contribution in [0, 0.1) is 0 Å². The van der Waals surface area contributed by atoms with E-state index in [1.807, 2.05) is 0 Å². The number of rotatable bonds is 2. The predicted octanol–water partition coefficient (Wildman–Crippen LogP) is 2.11. The number of aliphatic imine (C=N–C) groups is 1. The quantitative estimate of drug-likeness (QED) is 0.433. The highest BCUT2D eigenvalue weighted by molar-refractivity contribution is 9.11. The van der Waals surface area contributed by atoms with Gasteiger partial charge < -0.3 is 0 Å². The fraction of sp³-hybridized carbons (Fsp3) is 0. The smallest absolute Gasteiger partial charge is 0.0271 e. The molecular formula is C5H6BrN. The zero-order valence-corrected chi connectivity index (χ0v) is 5.48. The van der Waals surface area contributed by atoms with Gasteiger partial charge in [-0.15, -0.1) is 0 Å². The fourth-order valence-electron chi connectivity index (χ4n) is 0.134. The van der Waals surface area contributed by atoms with Crippen molar-refractivity contribution in [3.8, 4) is 0 Å². The standard InChI is InChI=1S/C5H6BrN/c1-5(6)3-4-7-2/h3-4H,1-2H2/b4-3-. The second-order valence-electron chi connectivity index (χ2n) is 0.945. The molecule has 0 amide bonds. The Bertz CT molecular complexity index is 105. The molecule has 0 aliphatic heterocycles. The molecule has 0 saturated carbocycles. The molecule has 2 heteroatoms. The second-order valence-corrected chi connectivity index (χ2v) is 1.96. The van der Waals surface area contributed by atoms with E-state index in [0.29, 0.717) is 0 Å². The summed E-state index contributed by atoms with van der Waals surface area (Å²) in [6.45, 7) is 6.77. The Morgan fingerprint density at radius 1 is 1.71 bits per heavy atom. The lowest BCUT2D eigenvalue weighted by Crippen LogP contribution is -1.50. The van der Waals surface area contributed by atoms with Crippen LogP contribution in [0.2, 0.25) is 0 Å². The van der Waals surface area contributed by atoms with Gasteiger partial charge in [0.15, 0.2) is 0 Å². The minimum atomic E-state index is 0.805. The zero-order valence-electron chi connectivity index (χ0n) is 3.89. The van der Waals surface area contributed by atoms with Gasteiger partial charge >= 0.3 is 0 Å². The first-order chi connectivity index (χ1) is 3.27. The van der Waals surface area contributed by atoms with Crippen molar-refractivity contribution >= 4 is 22.6 Å².